The van der Waals surface area contributed by atoms with Crippen LogP contribution in [0.3, 0.4) is 0 Å². The number of ether oxygens (including phenoxy) is 1. The standard InChI is InChI=1S/C20H26N4O2.HI/c1-21-19(25)17-11-9-16(10-12-17)15-23-20(22-2)24(3)13-14-26-18-7-5-4-6-8-18;/h4-12H,13-15H2,1-3H3,(H,21,25)(H,22,23);1H. The van der Waals surface area contributed by atoms with Gasteiger partial charge in [-0.15, -0.1) is 24.0 Å². The fraction of sp³-hybridized carbons (Fsp3) is 0.300. The first-order valence-electron chi connectivity index (χ1n) is 8.54. The molecular weight excluding hydrogens is 455 g/mol. The minimum absolute atomic E-state index is 0. The van der Waals surface area contributed by atoms with Crippen molar-refractivity contribution in [2.75, 3.05) is 34.3 Å². The lowest BCUT2D eigenvalue weighted by Crippen LogP contribution is -2.40. The largest absolute Gasteiger partial charge is 0.492 e. The molecule has 0 aromatic heterocycles. The van der Waals surface area contributed by atoms with E-state index in [0.29, 0.717) is 25.3 Å². The summed E-state index contributed by atoms with van der Waals surface area (Å²) in [5, 5.41) is 5.93. The predicted octanol–water partition coefficient (Wildman–Crippen LogP) is 2.75. The fourth-order valence-corrected chi connectivity index (χ4v) is 2.41. The molecule has 0 aliphatic carbocycles. The first kappa shape index (κ1) is 22.8. The van der Waals surface area contributed by atoms with Crippen molar-refractivity contribution in [3.8, 4) is 5.75 Å². The van der Waals surface area contributed by atoms with Crippen LogP contribution in [0.4, 0.5) is 0 Å². The molecule has 0 saturated carbocycles. The highest BCUT2D eigenvalue weighted by Gasteiger charge is 2.07. The molecule has 146 valence electrons. The van der Waals surface area contributed by atoms with Gasteiger partial charge in [-0.25, -0.2) is 0 Å². The van der Waals surface area contributed by atoms with Crippen molar-refractivity contribution in [2.45, 2.75) is 6.54 Å². The number of rotatable bonds is 7. The summed E-state index contributed by atoms with van der Waals surface area (Å²) in [4.78, 5) is 17.9. The third-order valence-electron chi connectivity index (χ3n) is 3.91. The van der Waals surface area contributed by atoms with Crippen LogP contribution in [-0.4, -0.2) is 51.1 Å². The summed E-state index contributed by atoms with van der Waals surface area (Å²) in [6, 6.07) is 17.2. The van der Waals surface area contributed by atoms with Gasteiger partial charge in [-0.05, 0) is 29.8 Å². The lowest BCUT2D eigenvalue weighted by molar-refractivity contribution is 0.0963. The molecule has 0 spiro atoms. The van der Waals surface area contributed by atoms with Crippen molar-refractivity contribution in [2.24, 2.45) is 4.99 Å². The van der Waals surface area contributed by atoms with Crippen molar-refractivity contribution >= 4 is 35.8 Å². The summed E-state index contributed by atoms with van der Waals surface area (Å²) in [6.07, 6.45) is 0. The van der Waals surface area contributed by atoms with Gasteiger partial charge in [-0.3, -0.25) is 9.79 Å². The Morgan fingerprint density at radius 1 is 1.11 bits per heavy atom. The summed E-state index contributed by atoms with van der Waals surface area (Å²) in [6.45, 7) is 1.91. The van der Waals surface area contributed by atoms with Gasteiger partial charge in [0.25, 0.3) is 5.91 Å². The summed E-state index contributed by atoms with van der Waals surface area (Å²) in [5.41, 5.74) is 1.73. The average molecular weight is 482 g/mol. The highest BCUT2D eigenvalue weighted by atomic mass is 127. The van der Waals surface area contributed by atoms with Crippen molar-refractivity contribution < 1.29 is 9.53 Å². The van der Waals surface area contributed by atoms with Crippen LogP contribution >= 0.6 is 24.0 Å². The average Bonchev–Trinajstić information content (AvgIpc) is 2.69. The van der Waals surface area contributed by atoms with Crippen LogP contribution in [-0.2, 0) is 6.54 Å². The Kier molecular flexibility index (Phi) is 10.2. The Morgan fingerprint density at radius 3 is 2.37 bits per heavy atom. The fourth-order valence-electron chi connectivity index (χ4n) is 2.41. The van der Waals surface area contributed by atoms with Crippen LogP contribution in [0.2, 0.25) is 0 Å². The Hall–Kier alpha value is -2.29. The van der Waals surface area contributed by atoms with Gasteiger partial charge in [0.2, 0.25) is 0 Å². The minimum atomic E-state index is -0.0848. The number of halogens is 1. The highest BCUT2D eigenvalue weighted by molar-refractivity contribution is 14.0. The van der Waals surface area contributed by atoms with E-state index in [9.17, 15) is 4.79 Å². The van der Waals surface area contributed by atoms with Crippen molar-refractivity contribution in [3.05, 3.63) is 65.7 Å². The summed E-state index contributed by atoms with van der Waals surface area (Å²) in [5.74, 6) is 1.57. The minimum Gasteiger partial charge on any atom is -0.492 e. The van der Waals surface area contributed by atoms with Crippen LogP contribution in [0.25, 0.3) is 0 Å². The van der Waals surface area contributed by atoms with Gasteiger partial charge < -0.3 is 20.3 Å². The molecule has 6 nitrogen and oxygen atoms in total. The van der Waals surface area contributed by atoms with Gasteiger partial charge in [0.15, 0.2) is 5.96 Å². The lowest BCUT2D eigenvalue weighted by atomic mass is 10.1. The van der Waals surface area contributed by atoms with Crippen LogP contribution in [0, 0.1) is 0 Å². The number of hydrogen-bond acceptors (Lipinski definition) is 3. The van der Waals surface area contributed by atoms with Crippen LogP contribution in [0.1, 0.15) is 15.9 Å². The van der Waals surface area contributed by atoms with E-state index in [0.717, 1.165) is 17.3 Å². The van der Waals surface area contributed by atoms with E-state index in [4.69, 9.17) is 4.74 Å². The van der Waals surface area contributed by atoms with Gasteiger partial charge in [0.1, 0.15) is 12.4 Å². The van der Waals surface area contributed by atoms with Gasteiger partial charge in [0, 0.05) is 33.3 Å². The number of hydrogen-bond donors (Lipinski definition) is 2. The van der Waals surface area contributed by atoms with E-state index in [2.05, 4.69) is 15.6 Å². The number of nitrogens with one attached hydrogen (secondary N) is 2. The molecule has 2 aromatic carbocycles. The SMILES string of the molecule is CN=C(NCc1ccc(C(=O)NC)cc1)N(C)CCOc1ccccc1.I. The second kappa shape index (κ2) is 12.2. The molecule has 2 rings (SSSR count). The van der Waals surface area contributed by atoms with Gasteiger partial charge in [-0.2, -0.15) is 0 Å². The first-order chi connectivity index (χ1) is 12.6. The van der Waals surface area contributed by atoms with Crippen LogP contribution in [0.15, 0.2) is 59.6 Å². The third-order valence-corrected chi connectivity index (χ3v) is 3.91. The number of para-hydroxylation sites is 1. The predicted molar refractivity (Wildman–Crippen MR) is 120 cm³/mol. The van der Waals surface area contributed by atoms with E-state index in [1.54, 1.807) is 14.1 Å². The zero-order chi connectivity index (χ0) is 18.8. The molecule has 1 amide bonds. The van der Waals surface area contributed by atoms with Crippen molar-refractivity contribution in [3.63, 3.8) is 0 Å². The Bertz CT molecular complexity index is 721. The van der Waals surface area contributed by atoms with E-state index in [-0.39, 0.29) is 29.9 Å². The number of aliphatic imine (C=N–C) groups is 1. The zero-order valence-corrected chi connectivity index (χ0v) is 18.3. The number of nitrogens with zero attached hydrogens (tertiary/aromatic N) is 2. The smallest absolute Gasteiger partial charge is 0.251 e. The zero-order valence-electron chi connectivity index (χ0n) is 15.9. The summed E-state index contributed by atoms with van der Waals surface area (Å²) < 4.78 is 5.72. The molecule has 0 fully saturated rings. The maximum atomic E-state index is 11.6. The molecule has 7 heteroatoms. The number of benzene rings is 2. The molecule has 0 bridgehead atoms. The normalized spacial score (nSPS) is 10.6. The third kappa shape index (κ3) is 7.46. The number of likely N-dealkylation sites (N-methyl/N-ethyl adjacent to an activating group) is 1. The van der Waals surface area contributed by atoms with Crippen LogP contribution < -0.4 is 15.4 Å². The molecular formula is C20H27IN4O2. The summed E-state index contributed by atoms with van der Waals surface area (Å²) >= 11 is 0. The highest BCUT2D eigenvalue weighted by Crippen LogP contribution is 2.08. The summed E-state index contributed by atoms with van der Waals surface area (Å²) in [7, 11) is 5.35. The molecule has 0 aliphatic rings. The second-order valence-corrected chi connectivity index (χ2v) is 5.76. The van der Waals surface area contributed by atoms with Gasteiger partial charge >= 0.3 is 0 Å². The Morgan fingerprint density at radius 2 is 1.78 bits per heavy atom. The lowest BCUT2D eigenvalue weighted by Gasteiger charge is -2.22. The number of amides is 1. The number of guanidine groups is 1. The van der Waals surface area contributed by atoms with E-state index >= 15 is 0 Å². The van der Waals surface area contributed by atoms with Gasteiger partial charge in [-0.1, -0.05) is 30.3 Å². The van der Waals surface area contributed by atoms with Crippen molar-refractivity contribution in [1.29, 1.82) is 0 Å². The van der Waals surface area contributed by atoms with Crippen LogP contribution in [0.5, 0.6) is 5.75 Å². The Balaban J connectivity index is 0.00000364. The maximum Gasteiger partial charge on any atom is 0.251 e. The molecule has 0 atom stereocenters. The number of carbonyl (C=O) groups excluding carboxylic acids is 1. The first-order valence-corrected chi connectivity index (χ1v) is 8.54. The van der Waals surface area contributed by atoms with E-state index in [1.807, 2.05) is 66.5 Å². The Labute approximate surface area is 178 Å². The van der Waals surface area contributed by atoms with E-state index in [1.165, 1.54) is 0 Å². The molecule has 0 unspecified atom stereocenters. The molecule has 0 aliphatic heterocycles. The van der Waals surface area contributed by atoms with Crippen molar-refractivity contribution in [1.82, 2.24) is 15.5 Å². The number of carbonyl (C=O) groups is 1. The molecule has 0 saturated heterocycles. The molecule has 27 heavy (non-hydrogen) atoms. The quantitative estimate of drug-likeness (QED) is 0.362. The van der Waals surface area contributed by atoms with E-state index < -0.39 is 0 Å². The monoisotopic (exact) mass is 482 g/mol. The molecule has 2 aromatic rings. The second-order valence-electron chi connectivity index (χ2n) is 5.76. The molecule has 0 heterocycles. The molecule has 0 radical (unpaired) electrons. The topological polar surface area (TPSA) is 66.0 Å². The van der Waals surface area contributed by atoms with Gasteiger partial charge in [0.05, 0.1) is 6.54 Å². The maximum absolute atomic E-state index is 11.6. The molecule has 2 N–H and O–H groups in total.